The van der Waals surface area contributed by atoms with Crippen LogP contribution in [0.5, 0.6) is 5.75 Å². The Hall–Kier alpha value is -4.01. The zero-order valence-electron chi connectivity index (χ0n) is 28.2. The zero-order chi connectivity index (χ0) is 33.8. The molecule has 7 heteroatoms. The highest BCUT2D eigenvalue weighted by molar-refractivity contribution is 5.92. The Morgan fingerprint density at radius 3 is 2.02 bits per heavy atom. The third kappa shape index (κ3) is 12.2. The van der Waals surface area contributed by atoms with Crippen molar-refractivity contribution in [2.45, 2.75) is 63.7 Å². The van der Waals surface area contributed by atoms with E-state index in [1.54, 1.807) is 18.2 Å². The fraction of sp³-hybridized carbons (Fsp3) is 0.390. The van der Waals surface area contributed by atoms with E-state index in [0.29, 0.717) is 24.5 Å². The summed E-state index contributed by atoms with van der Waals surface area (Å²) in [5.74, 6) is -0.134. The molecular weight excluding hydrogens is 602 g/mol. The van der Waals surface area contributed by atoms with Crippen LogP contribution < -0.4 is 4.74 Å². The summed E-state index contributed by atoms with van der Waals surface area (Å²) in [6.07, 6.45) is 6.41. The van der Waals surface area contributed by atoms with E-state index in [9.17, 15) is 15.0 Å². The largest absolute Gasteiger partial charge is 0.488 e. The van der Waals surface area contributed by atoms with Crippen LogP contribution in [0, 0.1) is 0 Å². The lowest BCUT2D eigenvalue weighted by Crippen LogP contribution is -2.35. The van der Waals surface area contributed by atoms with Gasteiger partial charge in [-0.2, -0.15) is 0 Å². The molecule has 48 heavy (non-hydrogen) atoms. The van der Waals surface area contributed by atoms with Crippen molar-refractivity contribution >= 4 is 5.97 Å². The molecule has 0 aliphatic carbocycles. The fourth-order valence-corrected chi connectivity index (χ4v) is 5.85. The maximum atomic E-state index is 12.7. The SMILES string of the molecule is COC(=O)c1cc(C(O)CN(CCCCCCOCCCCc2ccccc2)C(CO)c2ccccc2)ccc1OCc1ccccc1. The summed E-state index contributed by atoms with van der Waals surface area (Å²) < 4.78 is 16.9. The number of carbonyl (C=O) groups excluding carboxylic acids is 1. The van der Waals surface area contributed by atoms with E-state index < -0.39 is 12.1 Å². The topological polar surface area (TPSA) is 88.5 Å². The van der Waals surface area contributed by atoms with Crippen LogP contribution in [0.25, 0.3) is 0 Å². The number of aliphatic hydroxyl groups excluding tert-OH is 2. The normalized spacial score (nSPS) is 12.5. The highest BCUT2D eigenvalue weighted by Gasteiger charge is 2.24. The van der Waals surface area contributed by atoms with Gasteiger partial charge >= 0.3 is 5.97 Å². The van der Waals surface area contributed by atoms with E-state index in [2.05, 4.69) is 35.2 Å². The van der Waals surface area contributed by atoms with Crippen molar-refractivity contribution in [2.75, 3.05) is 40.0 Å². The van der Waals surface area contributed by atoms with E-state index >= 15 is 0 Å². The Bertz CT molecular complexity index is 1450. The van der Waals surface area contributed by atoms with Gasteiger partial charge in [0.15, 0.2) is 0 Å². The highest BCUT2D eigenvalue weighted by Crippen LogP contribution is 2.29. The molecule has 0 aliphatic heterocycles. The smallest absolute Gasteiger partial charge is 0.341 e. The Balaban J connectivity index is 1.29. The molecule has 4 aromatic rings. The molecule has 0 aliphatic rings. The molecule has 0 amide bonds. The van der Waals surface area contributed by atoms with Crippen LogP contribution in [0.3, 0.4) is 0 Å². The van der Waals surface area contributed by atoms with Gasteiger partial charge in [0, 0.05) is 19.8 Å². The van der Waals surface area contributed by atoms with Gasteiger partial charge in [-0.3, -0.25) is 4.90 Å². The first-order valence-electron chi connectivity index (χ1n) is 17.2. The summed E-state index contributed by atoms with van der Waals surface area (Å²) in [6, 6.07) is 35.1. The average molecular weight is 654 g/mol. The molecule has 0 fully saturated rings. The van der Waals surface area contributed by atoms with Crippen molar-refractivity contribution in [3.8, 4) is 5.75 Å². The van der Waals surface area contributed by atoms with E-state index in [1.807, 2.05) is 60.7 Å². The molecule has 256 valence electrons. The number of aryl methyl sites for hydroxylation is 1. The predicted molar refractivity (Wildman–Crippen MR) is 190 cm³/mol. The minimum absolute atomic E-state index is 0.0749. The highest BCUT2D eigenvalue weighted by atomic mass is 16.5. The number of hydrogen-bond acceptors (Lipinski definition) is 7. The summed E-state index contributed by atoms with van der Waals surface area (Å²) >= 11 is 0. The lowest BCUT2D eigenvalue weighted by atomic mass is 10.0. The minimum atomic E-state index is -0.898. The lowest BCUT2D eigenvalue weighted by Gasteiger charge is -2.33. The van der Waals surface area contributed by atoms with E-state index in [-0.39, 0.29) is 24.8 Å². The molecule has 0 heterocycles. The number of methoxy groups -OCH3 is 1. The van der Waals surface area contributed by atoms with Crippen LogP contribution in [0.1, 0.15) is 83.3 Å². The van der Waals surface area contributed by atoms with Crippen molar-refractivity contribution in [1.82, 2.24) is 4.90 Å². The quantitative estimate of drug-likeness (QED) is 0.0663. The number of carbonyl (C=O) groups is 1. The number of ether oxygens (including phenoxy) is 3. The number of benzene rings is 4. The van der Waals surface area contributed by atoms with Crippen molar-refractivity contribution < 1.29 is 29.2 Å². The summed E-state index contributed by atoms with van der Waals surface area (Å²) in [5.41, 5.74) is 4.19. The Labute approximate surface area is 286 Å². The lowest BCUT2D eigenvalue weighted by molar-refractivity contribution is 0.0583. The molecule has 0 aromatic heterocycles. The Morgan fingerprint density at radius 1 is 0.729 bits per heavy atom. The molecule has 7 nitrogen and oxygen atoms in total. The molecular formula is C41H51NO6. The maximum Gasteiger partial charge on any atom is 0.341 e. The molecule has 0 saturated carbocycles. The zero-order valence-corrected chi connectivity index (χ0v) is 28.2. The van der Waals surface area contributed by atoms with Gasteiger partial charge in [0.25, 0.3) is 0 Å². The van der Waals surface area contributed by atoms with Gasteiger partial charge in [0.05, 0.1) is 25.9 Å². The van der Waals surface area contributed by atoms with E-state index in [4.69, 9.17) is 14.2 Å². The van der Waals surface area contributed by atoms with Gasteiger partial charge in [0.2, 0.25) is 0 Å². The summed E-state index contributed by atoms with van der Waals surface area (Å²) in [6.45, 7) is 2.79. The number of nitrogens with zero attached hydrogens (tertiary/aromatic N) is 1. The molecule has 2 unspecified atom stereocenters. The van der Waals surface area contributed by atoms with Crippen LogP contribution in [0.4, 0.5) is 0 Å². The van der Waals surface area contributed by atoms with Crippen molar-refractivity contribution in [3.63, 3.8) is 0 Å². The molecule has 4 aromatic carbocycles. The molecule has 0 radical (unpaired) electrons. The van der Waals surface area contributed by atoms with Crippen LogP contribution in [-0.2, 0) is 22.5 Å². The average Bonchev–Trinajstić information content (AvgIpc) is 3.14. The van der Waals surface area contributed by atoms with Crippen molar-refractivity contribution in [2.24, 2.45) is 0 Å². The molecule has 0 bridgehead atoms. The maximum absolute atomic E-state index is 12.7. The van der Waals surface area contributed by atoms with Gasteiger partial charge in [-0.1, -0.05) is 110 Å². The van der Waals surface area contributed by atoms with Gasteiger partial charge in [-0.05, 0) is 73.0 Å². The minimum Gasteiger partial charge on any atom is -0.488 e. The number of rotatable bonds is 22. The predicted octanol–water partition coefficient (Wildman–Crippen LogP) is 7.72. The molecule has 4 rings (SSSR count). The summed E-state index contributed by atoms with van der Waals surface area (Å²) in [4.78, 5) is 14.9. The van der Waals surface area contributed by atoms with Crippen LogP contribution in [0.15, 0.2) is 109 Å². The van der Waals surface area contributed by atoms with Gasteiger partial charge < -0.3 is 24.4 Å². The fourth-order valence-electron chi connectivity index (χ4n) is 5.85. The second-order valence-corrected chi connectivity index (χ2v) is 12.1. The van der Waals surface area contributed by atoms with Crippen LogP contribution in [0.2, 0.25) is 0 Å². The van der Waals surface area contributed by atoms with Crippen molar-refractivity contribution in [1.29, 1.82) is 0 Å². The van der Waals surface area contributed by atoms with Crippen LogP contribution >= 0.6 is 0 Å². The standard InChI is InChI=1S/C41H51NO6/c1-46-41(45)37-29-36(24-25-40(37)48-32-34-20-9-5-10-21-34)39(44)30-42(38(31-43)35-22-11-6-12-23-35)26-14-2-3-15-27-47-28-16-13-19-33-17-7-4-8-18-33/h4-12,17-18,20-25,29,38-39,43-44H,2-3,13-16,19,26-28,30-32H2,1H3. The Kier molecular flexibility index (Phi) is 16.2. The third-order valence-corrected chi connectivity index (χ3v) is 8.57. The second kappa shape index (κ2) is 21.1. The van der Waals surface area contributed by atoms with Crippen molar-refractivity contribution in [3.05, 3.63) is 137 Å². The first-order chi connectivity index (χ1) is 23.6. The van der Waals surface area contributed by atoms with E-state index in [1.165, 1.54) is 12.7 Å². The molecule has 2 N–H and O–H groups in total. The molecule has 0 saturated heterocycles. The van der Waals surface area contributed by atoms with E-state index in [0.717, 1.165) is 69.3 Å². The van der Waals surface area contributed by atoms with Crippen LogP contribution in [-0.4, -0.2) is 61.1 Å². The first kappa shape index (κ1) is 36.8. The first-order valence-corrected chi connectivity index (χ1v) is 17.2. The van der Waals surface area contributed by atoms with Gasteiger partial charge in [-0.25, -0.2) is 4.79 Å². The Morgan fingerprint density at radius 2 is 1.35 bits per heavy atom. The number of esters is 1. The summed E-state index contributed by atoms with van der Waals surface area (Å²) in [7, 11) is 1.33. The second-order valence-electron chi connectivity index (χ2n) is 12.1. The molecule has 0 spiro atoms. The summed E-state index contributed by atoms with van der Waals surface area (Å²) in [5, 5.41) is 21.9. The molecule has 2 atom stereocenters. The monoisotopic (exact) mass is 653 g/mol. The third-order valence-electron chi connectivity index (χ3n) is 8.57. The number of aliphatic hydroxyl groups is 2. The van der Waals surface area contributed by atoms with Gasteiger partial charge in [0.1, 0.15) is 17.9 Å². The number of hydrogen-bond donors (Lipinski definition) is 2. The van der Waals surface area contributed by atoms with Gasteiger partial charge in [-0.15, -0.1) is 0 Å². The number of unbranched alkanes of at least 4 members (excludes halogenated alkanes) is 4.